The van der Waals surface area contributed by atoms with E-state index in [9.17, 15) is 0 Å². The molecule has 0 radical (unpaired) electrons. The van der Waals surface area contributed by atoms with Crippen LogP contribution in [0.5, 0.6) is 5.88 Å². The molecule has 0 unspecified atom stereocenters. The fourth-order valence-electron chi connectivity index (χ4n) is 1.58. The number of nitrogens with one attached hydrogen (secondary N) is 1. The van der Waals surface area contributed by atoms with Crippen LogP contribution in [0.1, 0.15) is 5.69 Å². The average Bonchev–Trinajstić information content (AvgIpc) is 3.16. The zero-order chi connectivity index (χ0) is 13.9. The largest absolute Gasteiger partial charge is 0.480 e. The molecule has 0 amide bonds. The van der Waals surface area contributed by atoms with Crippen molar-refractivity contribution in [1.29, 1.82) is 5.26 Å². The molecule has 0 aromatic carbocycles. The van der Waals surface area contributed by atoms with Gasteiger partial charge in [0.2, 0.25) is 11.7 Å². The summed E-state index contributed by atoms with van der Waals surface area (Å²) in [6.07, 6.45) is 1.62. The molecule has 8 nitrogen and oxygen atoms in total. The quantitative estimate of drug-likeness (QED) is 0.763. The second-order valence-electron chi connectivity index (χ2n) is 3.80. The number of hydrogen-bond donors (Lipinski definition) is 1. The molecule has 3 aromatic heterocycles. The van der Waals surface area contributed by atoms with Crippen molar-refractivity contribution in [3.8, 4) is 34.9 Å². The maximum Gasteiger partial charge on any atom is 0.259 e. The van der Waals surface area contributed by atoms with Crippen molar-refractivity contribution in [3.05, 3.63) is 30.1 Å². The lowest BCUT2D eigenvalue weighted by atomic mass is 10.3. The molecule has 8 heteroatoms. The van der Waals surface area contributed by atoms with Gasteiger partial charge in [-0.3, -0.25) is 0 Å². The summed E-state index contributed by atoms with van der Waals surface area (Å²) in [7, 11) is 1.51. The number of methoxy groups -OCH3 is 1. The van der Waals surface area contributed by atoms with E-state index in [1.165, 1.54) is 7.11 Å². The fourth-order valence-corrected chi connectivity index (χ4v) is 1.58. The molecule has 0 saturated carbocycles. The van der Waals surface area contributed by atoms with E-state index in [0.717, 1.165) is 0 Å². The molecular formula is C12H8N6O2. The molecular weight excluding hydrogens is 260 g/mol. The minimum absolute atomic E-state index is 0.301. The van der Waals surface area contributed by atoms with E-state index in [1.807, 2.05) is 6.07 Å². The minimum atomic E-state index is 0.301. The van der Waals surface area contributed by atoms with Crippen molar-refractivity contribution in [3.63, 3.8) is 0 Å². The minimum Gasteiger partial charge on any atom is -0.480 e. The number of aromatic nitrogens is 5. The third kappa shape index (κ3) is 2.08. The summed E-state index contributed by atoms with van der Waals surface area (Å²) in [5.41, 5.74) is 1.53. The lowest BCUT2D eigenvalue weighted by Crippen LogP contribution is -1.92. The number of aromatic amines is 1. The van der Waals surface area contributed by atoms with Crippen LogP contribution in [0.2, 0.25) is 0 Å². The van der Waals surface area contributed by atoms with Crippen molar-refractivity contribution in [1.82, 2.24) is 25.3 Å². The number of nitrogens with zero attached hydrogens (tertiary/aromatic N) is 5. The molecule has 0 aliphatic carbocycles. The van der Waals surface area contributed by atoms with Gasteiger partial charge in [-0.05, 0) is 12.1 Å². The van der Waals surface area contributed by atoms with Gasteiger partial charge in [0.1, 0.15) is 17.5 Å². The second-order valence-corrected chi connectivity index (χ2v) is 3.80. The number of rotatable bonds is 3. The van der Waals surface area contributed by atoms with E-state index in [0.29, 0.717) is 34.5 Å². The highest BCUT2D eigenvalue weighted by Crippen LogP contribution is 2.21. The van der Waals surface area contributed by atoms with Crippen LogP contribution < -0.4 is 4.74 Å². The summed E-state index contributed by atoms with van der Waals surface area (Å²) < 4.78 is 10.1. The lowest BCUT2D eigenvalue weighted by molar-refractivity contribution is 0.392. The van der Waals surface area contributed by atoms with Crippen LogP contribution in [0.3, 0.4) is 0 Å². The number of ether oxygens (including phenoxy) is 1. The summed E-state index contributed by atoms with van der Waals surface area (Å²) in [5.74, 6) is 1.02. The fraction of sp³-hybridized carbons (Fsp3) is 0.0833. The van der Waals surface area contributed by atoms with Crippen LogP contribution in [0.4, 0.5) is 0 Å². The van der Waals surface area contributed by atoms with E-state index >= 15 is 0 Å². The Balaban J connectivity index is 1.91. The molecule has 0 spiro atoms. The van der Waals surface area contributed by atoms with Crippen LogP contribution in [-0.2, 0) is 0 Å². The van der Waals surface area contributed by atoms with Crippen LogP contribution in [0.25, 0.3) is 23.0 Å². The van der Waals surface area contributed by atoms with E-state index in [1.54, 1.807) is 24.4 Å². The number of hydrogen-bond acceptors (Lipinski definition) is 7. The summed E-state index contributed by atoms with van der Waals surface area (Å²) >= 11 is 0. The molecule has 1 N–H and O–H groups in total. The van der Waals surface area contributed by atoms with Gasteiger partial charge >= 0.3 is 0 Å². The molecule has 3 heterocycles. The smallest absolute Gasteiger partial charge is 0.259 e. The summed E-state index contributed by atoms with van der Waals surface area (Å²) in [5, 5.41) is 20.3. The first-order valence-electron chi connectivity index (χ1n) is 5.61. The Hall–Kier alpha value is -3.21. The topological polar surface area (TPSA) is 114 Å². The van der Waals surface area contributed by atoms with Crippen LogP contribution >= 0.6 is 0 Å². The van der Waals surface area contributed by atoms with Crippen molar-refractivity contribution < 1.29 is 9.26 Å². The molecule has 0 fully saturated rings. The van der Waals surface area contributed by atoms with Crippen LogP contribution in [-0.4, -0.2) is 32.4 Å². The zero-order valence-electron chi connectivity index (χ0n) is 10.4. The van der Waals surface area contributed by atoms with Gasteiger partial charge in [0.15, 0.2) is 0 Å². The Morgan fingerprint density at radius 2 is 2.25 bits per heavy atom. The maximum absolute atomic E-state index is 8.75. The first-order valence-corrected chi connectivity index (χ1v) is 5.61. The molecule has 0 aliphatic heterocycles. The van der Waals surface area contributed by atoms with E-state index in [-0.39, 0.29) is 0 Å². The Bertz CT molecular complexity index is 768. The Morgan fingerprint density at radius 3 is 2.90 bits per heavy atom. The Labute approximate surface area is 113 Å². The van der Waals surface area contributed by atoms with Crippen LogP contribution in [0, 0.1) is 11.3 Å². The van der Waals surface area contributed by atoms with Crippen molar-refractivity contribution in [2.45, 2.75) is 0 Å². The molecule has 3 aromatic rings. The molecule has 0 bridgehead atoms. The van der Waals surface area contributed by atoms with E-state index in [2.05, 4.69) is 25.3 Å². The molecule has 20 heavy (non-hydrogen) atoms. The zero-order valence-corrected chi connectivity index (χ0v) is 10.4. The van der Waals surface area contributed by atoms with E-state index < -0.39 is 0 Å². The predicted molar refractivity (Wildman–Crippen MR) is 66.4 cm³/mol. The summed E-state index contributed by atoms with van der Waals surface area (Å²) in [6.45, 7) is 0. The number of H-pyrrole nitrogens is 1. The van der Waals surface area contributed by atoms with Crippen molar-refractivity contribution in [2.75, 3.05) is 7.11 Å². The van der Waals surface area contributed by atoms with Gasteiger partial charge in [-0.15, -0.1) is 10.2 Å². The molecule has 0 atom stereocenters. The van der Waals surface area contributed by atoms with Crippen molar-refractivity contribution in [2.24, 2.45) is 0 Å². The molecule has 0 aliphatic rings. The summed E-state index contributed by atoms with van der Waals surface area (Å²) in [4.78, 5) is 6.99. The summed E-state index contributed by atoms with van der Waals surface area (Å²) in [6, 6.07) is 6.94. The maximum atomic E-state index is 8.75. The van der Waals surface area contributed by atoms with Gasteiger partial charge in [0, 0.05) is 12.3 Å². The first kappa shape index (κ1) is 11.9. The Morgan fingerprint density at radius 1 is 1.35 bits per heavy atom. The van der Waals surface area contributed by atoms with Gasteiger partial charge in [-0.25, -0.2) is 0 Å². The van der Waals surface area contributed by atoms with Gasteiger partial charge in [0.05, 0.1) is 12.7 Å². The van der Waals surface area contributed by atoms with Gasteiger partial charge in [-0.2, -0.15) is 10.2 Å². The predicted octanol–water partition coefficient (Wildman–Crippen LogP) is 1.40. The van der Waals surface area contributed by atoms with Crippen LogP contribution in [0.15, 0.2) is 28.9 Å². The Kier molecular flexibility index (Phi) is 2.85. The highest BCUT2D eigenvalue weighted by molar-refractivity contribution is 5.58. The van der Waals surface area contributed by atoms with E-state index in [4.69, 9.17) is 14.5 Å². The third-order valence-corrected chi connectivity index (χ3v) is 2.55. The first-order chi connectivity index (χ1) is 9.80. The molecule has 3 rings (SSSR count). The normalized spacial score (nSPS) is 10.2. The number of nitriles is 1. The lowest BCUT2D eigenvalue weighted by Gasteiger charge is -1.96. The van der Waals surface area contributed by atoms with Gasteiger partial charge in [0.25, 0.3) is 5.89 Å². The highest BCUT2D eigenvalue weighted by atomic mass is 16.5. The molecule has 98 valence electrons. The second kappa shape index (κ2) is 4.81. The molecule has 0 saturated heterocycles. The third-order valence-electron chi connectivity index (χ3n) is 2.55. The average molecular weight is 268 g/mol. The monoisotopic (exact) mass is 268 g/mol. The SMILES string of the molecule is COc1ccc(-c2noc(-c3c[nH]c(C#N)c3)n2)nn1. The van der Waals surface area contributed by atoms with Gasteiger partial charge in [-0.1, -0.05) is 5.16 Å². The van der Waals surface area contributed by atoms with Gasteiger partial charge < -0.3 is 14.2 Å². The highest BCUT2D eigenvalue weighted by Gasteiger charge is 2.13. The van der Waals surface area contributed by atoms with Crippen molar-refractivity contribution >= 4 is 0 Å². The standard InChI is InChI=1S/C12H8N6O2/c1-19-10-3-2-9(16-17-10)11-15-12(20-18-11)7-4-8(5-13)14-6-7/h2-4,6,14H,1H3.